The molecule has 0 bridgehead atoms. The van der Waals surface area contributed by atoms with Crippen molar-refractivity contribution in [3.63, 3.8) is 0 Å². The van der Waals surface area contributed by atoms with Gasteiger partial charge in [-0.15, -0.1) is 11.3 Å². The zero-order chi connectivity index (χ0) is 9.64. The Kier molecular flexibility index (Phi) is 2.29. The summed E-state index contributed by atoms with van der Waals surface area (Å²) in [4.78, 5) is 2.83. The van der Waals surface area contributed by atoms with E-state index in [1.54, 1.807) is 0 Å². The molecule has 1 saturated carbocycles. The number of nitrogens with two attached hydrogens (primary N) is 1. The molecule has 1 nitrogen and oxygen atoms in total. The lowest BCUT2D eigenvalue weighted by molar-refractivity contribution is 0.566. The molecule has 13 heavy (non-hydrogen) atoms. The molecule has 1 aromatic heterocycles. The van der Waals surface area contributed by atoms with Gasteiger partial charge in [0.05, 0.1) is 0 Å². The van der Waals surface area contributed by atoms with Crippen molar-refractivity contribution >= 4 is 27.3 Å². The minimum Gasteiger partial charge on any atom is -0.327 e. The van der Waals surface area contributed by atoms with Crippen molar-refractivity contribution < 1.29 is 0 Å². The highest BCUT2D eigenvalue weighted by Crippen LogP contribution is 2.53. The zero-order valence-electron chi connectivity index (χ0n) is 7.93. The highest BCUT2D eigenvalue weighted by atomic mass is 79.9. The van der Waals surface area contributed by atoms with E-state index >= 15 is 0 Å². The predicted molar refractivity (Wildman–Crippen MR) is 61.3 cm³/mol. The maximum atomic E-state index is 6.02. The normalized spacial score (nSPS) is 21.5. The number of halogens is 1. The molecule has 0 amide bonds. The van der Waals surface area contributed by atoms with Crippen LogP contribution in [0.4, 0.5) is 0 Å². The molecule has 72 valence electrons. The number of thiophene rings is 1. The van der Waals surface area contributed by atoms with Crippen LogP contribution in [0.3, 0.4) is 0 Å². The molecular weight excluding hydrogens is 246 g/mol. The Morgan fingerprint density at radius 3 is 2.54 bits per heavy atom. The van der Waals surface area contributed by atoms with Crippen LogP contribution in [0.1, 0.15) is 29.5 Å². The van der Waals surface area contributed by atoms with Crippen molar-refractivity contribution in [3.8, 4) is 0 Å². The number of hydrogen-bond acceptors (Lipinski definition) is 2. The van der Waals surface area contributed by atoms with Crippen LogP contribution < -0.4 is 5.73 Å². The molecule has 1 fully saturated rings. The van der Waals surface area contributed by atoms with Crippen LogP contribution in [0, 0.1) is 6.92 Å². The highest BCUT2D eigenvalue weighted by Gasteiger charge is 2.48. The van der Waals surface area contributed by atoms with Gasteiger partial charge in [-0.05, 0) is 48.7 Å². The number of hydrogen-bond donors (Lipinski definition) is 1. The van der Waals surface area contributed by atoms with Crippen LogP contribution in [0.25, 0.3) is 0 Å². The Labute approximate surface area is 91.5 Å². The molecular formula is C10H14BrNS. The first-order valence-electron chi connectivity index (χ1n) is 4.58. The summed E-state index contributed by atoms with van der Waals surface area (Å²) in [7, 11) is 0. The molecule has 0 spiro atoms. The average molecular weight is 260 g/mol. The smallest absolute Gasteiger partial charge is 0.0314 e. The van der Waals surface area contributed by atoms with E-state index in [0.717, 1.165) is 0 Å². The van der Waals surface area contributed by atoms with Crippen molar-refractivity contribution in [1.29, 1.82) is 0 Å². The van der Waals surface area contributed by atoms with E-state index in [1.165, 1.54) is 27.1 Å². The van der Waals surface area contributed by atoms with Gasteiger partial charge in [0.15, 0.2) is 0 Å². The van der Waals surface area contributed by atoms with Crippen LogP contribution >= 0.6 is 27.3 Å². The van der Waals surface area contributed by atoms with Crippen LogP contribution in [-0.4, -0.2) is 6.04 Å². The summed E-state index contributed by atoms with van der Waals surface area (Å²) in [6, 6.07) is 2.54. The molecule has 0 aromatic carbocycles. The van der Waals surface area contributed by atoms with E-state index in [9.17, 15) is 0 Å². The van der Waals surface area contributed by atoms with Crippen molar-refractivity contribution in [1.82, 2.24) is 0 Å². The minimum atomic E-state index is 0.289. The summed E-state index contributed by atoms with van der Waals surface area (Å²) in [6.45, 7) is 4.27. The Hall–Kier alpha value is 0.140. The van der Waals surface area contributed by atoms with E-state index in [0.29, 0.717) is 5.41 Å². The van der Waals surface area contributed by atoms with Gasteiger partial charge in [0.1, 0.15) is 0 Å². The van der Waals surface area contributed by atoms with Gasteiger partial charge in [-0.1, -0.05) is 0 Å². The van der Waals surface area contributed by atoms with Gasteiger partial charge in [0.2, 0.25) is 0 Å². The Bertz CT molecular complexity index is 306. The minimum absolute atomic E-state index is 0.289. The van der Waals surface area contributed by atoms with Gasteiger partial charge in [0.25, 0.3) is 0 Å². The second-order valence-corrected chi connectivity index (χ2v) is 6.07. The van der Waals surface area contributed by atoms with Gasteiger partial charge < -0.3 is 5.73 Å². The van der Waals surface area contributed by atoms with E-state index in [1.807, 2.05) is 11.3 Å². The van der Waals surface area contributed by atoms with Gasteiger partial charge in [0, 0.05) is 25.7 Å². The molecule has 2 N–H and O–H groups in total. The number of aryl methyl sites for hydroxylation is 1. The summed E-state index contributed by atoms with van der Waals surface area (Å²) >= 11 is 5.44. The maximum absolute atomic E-state index is 6.02. The van der Waals surface area contributed by atoms with E-state index < -0.39 is 0 Å². The molecule has 0 aliphatic heterocycles. The maximum Gasteiger partial charge on any atom is 0.0314 e. The molecule has 2 rings (SSSR count). The van der Waals surface area contributed by atoms with Crippen molar-refractivity contribution in [2.45, 2.75) is 38.1 Å². The molecule has 1 aliphatic carbocycles. The molecule has 1 aromatic rings. The first kappa shape index (κ1) is 9.69. The molecule has 0 radical (unpaired) electrons. The predicted octanol–water partition coefficient (Wildman–Crippen LogP) is 3.20. The average Bonchev–Trinajstić information content (AvgIpc) is 2.77. The second kappa shape index (κ2) is 3.07. The van der Waals surface area contributed by atoms with E-state index in [4.69, 9.17) is 5.73 Å². The van der Waals surface area contributed by atoms with Gasteiger partial charge >= 0.3 is 0 Å². The Morgan fingerprint density at radius 2 is 2.23 bits per heavy atom. The fraction of sp³-hybridized carbons (Fsp3) is 0.600. The topological polar surface area (TPSA) is 26.0 Å². The van der Waals surface area contributed by atoms with Crippen molar-refractivity contribution in [3.05, 3.63) is 20.3 Å². The van der Waals surface area contributed by atoms with Crippen LogP contribution in [0.5, 0.6) is 0 Å². The Morgan fingerprint density at radius 1 is 1.62 bits per heavy atom. The third-order valence-electron chi connectivity index (χ3n) is 3.01. The SMILES string of the molecule is Cc1sc(C2(C(C)N)CC2)cc1Br. The molecule has 3 heteroatoms. The van der Waals surface area contributed by atoms with E-state index in [-0.39, 0.29) is 6.04 Å². The summed E-state index contributed by atoms with van der Waals surface area (Å²) in [6.07, 6.45) is 2.52. The highest BCUT2D eigenvalue weighted by molar-refractivity contribution is 9.10. The quantitative estimate of drug-likeness (QED) is 0.868. The number of rotatable bonds is 2. The second-order valence-electron chi connectivity index (χ2n) is 3.96. The summed E-state index contributed by atoms with van der Waals surface area (Å²) in [5.74, 6) is 0. The van der Waals surface area contributed by atoms with Gasteiger partial charge in [-0.25, -0.2) is 0 Å². The molecule has 1 aliphatic rings. The third kappa shape index (κ3) is 1.47. The summed E-state index contributed by atoms with van der Waals surface area (Å²) < 4.78 is 1.24. The zero-order valence-corrected chi connectivity index (χ0v) is 10.3. The lowest BCUT2D eigenvalue weighted by Crippen LogP contribution is -2.30. The summed E-state index contributed by atoms with van der Waals surface area (Å²) in [5.41, 5.74) is 6.34. The van der Waals surface area contributed by atoms with E-state index in [2.05, 4.69) is 35.8 Å². The summed E-state index contributed by atoms with van der Waals surface area (Å²) in [5, 5.41) is 0. The van der Waals surface area contributed by atoms with Crippen molar-refractivity contribution in [2.24, 2.45) is 5.73 Å². The van der Waals surface area contributed by atoms with Crippen LogP contribution in [-0.2, 0) is 5.41 Å². The fourth-order valence-corrected chi connectivity index (χ4v) is 3.65. The fourth-order valence-electron chi connectivity index (χ4n) is 1.77. The molecule has 1 unspecified atom stereocenters. The first-order chi connectivity index (χ1) is 6.06. The third-order valence-corrected chi connectivity index (χ3v) is 5.36. The van der Waals surface area contributed by atoms with Crippen molar-refractivity contribution in [2.75, 3.05) is 0 Å². The van der Waals surface area contributed by atoms with Crippen LogP contribution in [0.2, 0.25) is 0 Å². The lowest BCUT2D eigenvalue weighted by atomic mass is 9.97. The van der Waals surface area contributed by atoms with Gasteiger partial charge in [-0.2, -0.15) is 0 Å². The Balaban J connectivity index is 2.36. The first-order valence-corrected chi connectivity index (χ1v) is 6.19. The lowest BCUT2D eigenvalue weighted by Gasteiger charge is -2.17. The van der Waals surface area contributed by atoms with Crippen LogP contribution in [0.15, 0.2) is 10.5 Å². The molecule has 1 heterocycles. The standard InChI is InChI=1S/C10H14BrNS/c1-6-8(11)5-9(13-6)10(3-4-10)7(2)12/h5,7H,3-4,12H2,1-2H3. The largest absolute Gasteiger partial charge is 0.327 e. The van der Waals surface area contributed by atoms with Gasteiger partial charge in [-0.3, -0.25) is 0 Å². The monoisotopic (exact) mass is 259 g/mol. The molecule has 1 atom stereocenters. The molecule has 0 saturated heterocycles.